The van der Waals surface area contributed by atoms with E-state index in [0.717, 1.165) is 22.4 Å². The largest absolute Gasteiger partial charge is 0.339 e. The summed E-state index contributed by atoms with van der Waals surface area (Å²) in [6, 6.07) is 10.5. The monoisotopic (exact) mass is 304 g/mol. The maximum Gasteiger partial charge on any atom is 0.144 e. The summed E-state index contributed by atoms with van der Waals surface area (Å²) in [7, 11) is 0. The van der Waals surface area contributed by atoms with Gasteiger partial charge >= 0.3 is 0 Å². The van der Waals surface area contributed by atoms with Gasteiger partial charge < -0.3 is 5.32 Å². The van der Waals surface area contributed by atoms with Crippen LogP contribution in [0.15, 0.2) is 41.0 Å². The third kappa shape index (κ3) is 3.10. The van der Waals surface area contributed by atoms with Crippen molar-refractivity contribution in [3.8, 4) is 0 Å². The summed E-state index contributed by atoms with van der Waals surface area (Å²) in [6.45, 7) is 4.25. The lowest BCUT2D eigenvalue weighted by Crippen LogP contribution is -1.96. The molecule has 1 aromatic carbocycles. The van der Waals surface area contributed by atoms with Crippen LogP contribution in [0, 0.1) is 6.92 Å². The number of aromatic nitrogens is 1. The zero-order valence-corrected chi connectivity index (χ0v) is 12.3. The average Bonchev–Trinajstić information content (AvgIpc) is 2.38. The highest BCUT2D eigenvalue weighted by molar-refractivity contribution is 9.10. The molecule has 0 fully saturated rings. The van der Waals surface area contributed by atoms with Crippen LogP contribution in [-0.2, 0) is 6.42 Å². The van der Waals surface area contributed by atoms with Gasteiger partial charge in [0.05, 0.1) is 4.47 Å². The van der Waals surface area contributed by atoms with Crippen LogP contribution in [0.2, 0.25) is 0 Å². The molecule has 0 saturated carbocycles. The summed E-state index contributed by atoms with van der Waals surface area (Å²) in [6.07, 6.45) is 4.12. The molecular formula is C15H17BrN2. The molecule has 0 atom stereocenters. The number of anilines is 2. The Bertz CT molecular complexity index is 521. The Morgan fingerprint density at radius 3 is 2.56 bits per heavy atom. The quantitative estimate of drug-likeness (QED) is 0.873. The minimum absolute atomic E-state index is 0.859. The van der Waals surface area contributed by atoms with Gasteiger partial charge in [0.1, 0.15) is 5.82 Å². The van der Waals surface area contributed by atoms with Gasteiger partial charge in [-0.25, -0.2) is 4.98 Å². The molecule has 3 heteroatoms. The Kier molecular flexibility index (Phi) is 4.37. The number of pyridine rings is 1. The van der Waals surface area contributed by atoms with Crippen LogP contribution in [-0.4, -0.2) is 4.98 Å². The van der Waals surface area contributed by atoms with Gasteiger partial charge in [0.2, 0.25) is 0 Å². The summed E-state index contributed by atoms with van der Waals surface area (Å²) in [5.41, 5.74) is 3.61. The van der Waals surface area contributed by atoms with Crippen molar-refractivity contribution in [1.29, 1.82) is 0 Å². The molecule has 18 heavy (non-hydrogen) atoms. The van der Waals surface area contributed by atoms with Crippen LogP contribution in [0.4, 0.5) is 11.5 Å². The Balaban J connectivity index is 2.16. The van der Waals surface area contributed by atoms with E-state index < -0.39 is 0 Å². The van der Waals surface area contributed by atoms with E-state index in [9.17, 15) is 0 Å². The van der Waals surface area contributed by atoms with Crippen LogP contribution in [0.3, 0.4) is 0 Å². The first-order chi connectivity index (χ1) is 8.70. The Morgan fingerprint density at radius 2 is 1.89 bits per heavy atom. The van der Waals surface area contributed by atoms with Crippen molar-refractivity contribution < 1.29 is 0 Å². The van der Waals surface area contributed by atoms with E-state index in [-0.39, 0.29) is 0 Å². The fourth-order valence-corrected chi connectivity index (χ4v) is 2.14. The molecule has 0 aliphatic heterocycles. The third-order valence-electron chi connectivity index (χ3n) is 2.84. The van der Waals surface area contributed by atoms with E-state index in [1.165, 1.54) is 17.5 Å². The highest BCUT2D eigenvalue weighted by Gasteiger charge is 2.04. The van der Waals surface area contributed by atoms with Gasteiger partial charge in [-0.2, -0.15) is 0 Å². The Labute approximate surface area is 117 Å². The second-order valence-electron chi connectivity index (χ2n) is 4.36. The number of hydrogen-bond donors (Lipinski definition) is 1. The number of nitrogens with one attached hydrogen (secondary N) is 1. The fourth-order valence-electron chi connectivity index (χ4n) is 1.81. The SMILES string of the molecule is CCCc1ccc(Nc2nccc(C)c2Br)cc1. The van der Waals surface area contributed by atoms with Crippen molar-refractivity contribution in [3.63, 3.8) is 0 Å². The molecule has 0 aliphatic carbocycles. The average molecular weight is 305 g/mol. The van der Waals surface area contributed by atoms with Crippen molar-refractivity contribution in [2.75, 3.05) is 5.32 Å². The van der Waals surface area contributed by atoms with Gasteiger partial charge in [-0.05, 0) is 58.6 Å². The van der Waals surface area contributed by atoms with Gasteiger partial charge in [-0.1, -0.05) is 25.5 Å². The van der Waals surface area contributed by atoms with Crippen LogP contribution >= 0.6 is 15.9 Å². The molecule has 1 N–H and O–H groups in total. The topological polar surface area (TPSA) is 24.9 Å². The maximum absolute atomic E-state index is 4.34. The predicted molar refractivity (Wildman–Crippen MR) is 80.4 cm³/mol. The summed E-state index contributed by atoms with van der Waals surface area (Å²) in [5, 5.41) is 3.32. The van der Waals surface area contributed by atoms with Gasteiger partial charge in [0.25, 0.3) is 0 Å². The summed E-state index contributed by atoms with van der Waals surface area (Å²) < 4.78 is 1.02. The lowest BCUT2D eigenvalue weighted by atomic mass is 10.1. The van der Waals surface area contributed by atoms with E-state index >= 15 is 0 Å². The smallest absolute Gasteiger partial charge is 0.144 e. The van der Waals surface area contributed by atoms with E-state index in [2.05, 4.69) is 64.3 Å². The van der Waals surface area contributed by atoms with Gasteiger partial charge in [-0.15, -0.1) is 0 Å². The molecule has 0 aliphatic rings. The molecule has 2 aromatic rings. The first-order valence-corrected chi connectivity index (χ1v) is 6.97. The number of rotatable bonds is 4. The van der Waals surface area contributed by atoms with Crippen molar-refractivity contribution in [2.24, 2.45) is 0 Å². The van der Waals surface area contributed by atoms with Crippen molar-refractivity contribution in [2.45, 2.75) is 26.7 Å². The van der Waals surface area contributed by atoms with Crippen molar-refractivity contribution in [1.82, 2.24) is 4.98 Å². The molecule has 2 nitrogen and oxygen atoms in total. The first kappa shape index (κ1) is 13.1. The predicted octanol–water partition coefficient (Wildman–Crippen LogP) is 4.85. The lowest BCUT2D eigenvalue weighted by molar-refractivity contribution is 0.922. The number of hydrogen-bond acceptors (Lipinski definition) is 2. The minimum atomic E-state index is 0.859. The van der Waals surface area contributed by atoms with E-state index in [4.69, 9.17) is 0 Å². The first-order valence-electron chi connectivity index (χ1n) is 6.17. The van der Waals surface area contributed by atoms with Crippen LogP contribution in [0.25, 0.3) is 0 Å². The third-order valence-corrected chi connectivity index (χ3v) is 3.84. The van der Waals surface area contributed by atoms with E-state index in [1.807, 2.05) is 12.3 Å². The molecule has 1 heterocycles. The Morgan fingerprint density at radius 1 is 1.17 bits per heavy atom. The standard InChI is InChI=1S/C15H17BrN2/c1-3-4-12-5-7-13(8-6-12)18-15-14(16)11(2)9-10-17-15/h5-10H,3-4H2,1-2H3,(H,17,18). The zero-order chi connectivity index (χ0) is 13.0. The molecule has 0 unspecified atom stereocenters. The highest BCUT2D eigenvalue weighted by atomic mass is 79.9. The molecule has 94 valence electrons. The Hall–Kier alpha value is -1.35. The second kappa shape index (κ2) is 6.01. The van der Waals surface area contributed by atoms with Gasteiger partial charge in [0.15, 0.2) is 0 Å². The van der Waals surface area contributed by atoms with Gasteiger partial charge in [0, 0.05) is 11.9 Å². The molecule has 0 bridgehead atoms. The number of aryl methyl sites for hydroxylation is 2. The van der Waals surface area contributed by atoms with Crippen LogP contribution < -0.4 is 5.32 Å². The van der Waals surface area contributed by atoms with E-state index in [0.29, 0.717) is 0 Å². The highest BCUT2D eigenvalue weighted by Crippen LogP contribution is 2.26. The summed E-state index contributed by atoms with van der Waals surface area (Å²) in [5.74, 6) is 0.859. The maximum atomic E-state index is 4.34. The number of halogens is 1. The minimum Gasteiger partial charge on any atom is -0.339 e. The zero-order valence-electron chi connectivity index (χ0n) is 10.7. The molecule has 0 radical (unpaired) electrons. The van der Waals surface area contributed by atoms with E-state index in [1.54, 1.807) is 0 Å². The van der Waals surface area contributed by atoms with Crippen molar-refractivity contribution in [3.05, 3.63) is 52.1 Å². The molecule has 1 aromatic heterocycles. The van der Waals surface area contributed by atoms with Crippen LogP contribution in [0.5, 0.6) is 0 Å². The molecule has 2 rings (SSSR count). The fraction of sp³-hybridized carbons (Fsp3) is 0.267. The van der Waals surface area contributed by atoms with Crippen LogP contribution in [0.1, 0.15) is 24.5 Å². The lowest BCUT2D eigenvalue weighted by Gasteiger charge is -2.09. The summed E-state index contributed by atoms with van der Waals surface area (Å²) >= 11 is 3.55. The summed E-state index contributed by atoms with van der Waals surface area (Å²) in [4.78, 5) is 4.34. The number of benzene rings is 1. The molecule has 0 saturated heterocycles. The van der Waals surface area contributed by atoms with Crippen molar-refractivity contribution >= 4 is 27.4 Å². The normalized spacial score (nSPS) is 10.4. The molecular weight excluding hydrogens is 288 g/mol. The second-order valence-corrected chi connectivity index (χ2v) is 5.16. The van der Waals surface area contributed by atoms with Gasteiger partial charge in [-0.3, -0.25) is 0 Å². The molecule has 0 amide bonds. The molecule has 0 spiro atoms. The number of nitrogens with zero attached hydrogens (tertiary/aromatic N) is 1.